The molecule has 0 bridgehead atoms. The number of benzene rings is 1. The van der Waals surface area contributed by atoms with Gasteiger partial charge < -0.3 is 23.9 Å². The third-order valence-electron chi connectivity index (χ3n) is 4.25. The maximum Gasteiger partial charge on any atom is 0.340 e. The molecule has 0 aliphatic heterocycles. The Morgan fingerprint density at radius 1 is 0.833 bits per heavy atom. The molecular weight excluding hydrogens is 394 g/mol. The number of carbonyl (C=O) groups is 4. The van der Waals surface area contributed by atoms with Crippen molar-refractivity contribution in [3.63, 3.8) is 0 Å². The number of nitrogens with one attached hydrogen (secondary N) is 1. The molecule has 9 heteroatoms. The number of H-pyrrole nitrogens is 1. The average molecular weight is 417 g/mol. The summed E-state index contributed by atoms with van der Waals surface area (Å²) in [5.41, 5.74) is 1.45. The minimum absolute atomic E-state index is 0.0590. The van der Waals surface area contributed by atoms with Crippen LogP contribution in [-0.2, 0) is 14.2 Å². The monoisotopic (exact) mass is 417 g/mol. The van der Waals surface area contributed by atoms with E-state index in [0.717, 1.165) is 0 Å². The Morgan fingerprint density at radius 2 is 1.37 bits per heavy atom. The third-order valence-corrected chi connectivity index (χ3v) is 4.25. The van der Waals surface area contributed by atoms with Crippen molar-refractivity contribution in [3.05, 3.63) is 51.8 Å². The van der Waals surface area contributed by atoms with Gasteiger partial charge in [0.05, 0.1) is 43.1 Å². The molecule has 30 heavy (non-hydrogen) atoms. The smallest absolute Gasteiger partial charge is 0.340 e. The van der Waals surface area contributed by atoms with Crippen LogP contribution in [0.15, 0.2) is 18.2 Å². The Morgan fingerprint density at radius 3 is 1.87 bits per heavy atom. The molecular formula is C21H23NO8. The Kier molecular flexibility index (Phi) is 7.35. The summed E-state index contributed by atoms with van der Waals surface area (Å²) in [6.45, 7) is 4.74. The zero-order valence-electron chi connectivity index (χ0n) is 17.4. The van der Waals surface area contributed by atoms with Crippen LogP contribution < -0.4 is 4.74 Å². The number of aryl methyl sites for hydroxylation is 2. The molecule has 1 heterocycles. The van der Waals surface area contributed by atoms with Crippen molar-refractivity contribution >= 4 is 23.7 Å². The van der Waals surface area contributed by atoms with Crippen LogP contribution in [-0.4, -0.2) is 56.1 Å². The van der Waals surface area contributed by atoms with E-state index in [1.807, 2.05) is 0 Å². The van der Waals surface area contributed by atoms with Gasteiger partial charge in [0.15, 0.2) is 6.61 Å². The van der Waals surface area contributed by atoms with Gasteiger partial charge in [-0.1, -0.05) is 0 Å². The lowest BCUT2D eigenvalue weighted by Crippen LogP contribution is -2.17. The highest BCUT2D eigenvalue weighted by Crippen LogP contribution is 2.22. The SMILES string of the molecule is CCOC(=O)c1c(C)[nH]c(C)c1C(=O)COc1cc(C(=O)OC)cc(C(=O)OC)c1. The molecule has 2 rings (SSSR count). The number of aromatic amines is 1. The molecule has 0 unspecified atom stereocenters. The minimum atomic E-state index is -0.682. The van der Waals surface area contributed by atoms with Crippen LogP contribution in [0.25, 0.3) is 0 Å². The summed E-state index contributed by atoms with van der Waals surface area (Å²) in [5.74, 6) is -2.35. The van der Waals surface area contributed by atoms with Crippen LogP contribution in [0.2, 0.25) is 0 Å². The fourth-order valence-electron chi connectivity index (χ4n) is 2.96. The van der Waals surface area contributed by atoms with Gasteiger partial charge in [0.25, 0.3) is 0 Å². The Labute approximate surface area is 173 Å². The summed E-state index contributed by atoms with van der Waals surface area (Å²) in [6, 6.07) is 3.98. The van der Waals surface area contributed by atoms with Crippen molar-refractivity contribution in [2.24, 2.45) is 0 Å². The fourth-order valence-corrected chi connectivity index (χ4v) is 2.96. The molecule has 0 atom stereocenters. The molecule has 1 aromatic heterocycles. The maximum atomic E-state index is 12.8. The molecule has 160 valence electrons. The van der Waals surface area contributed by atoms with Crippen LogP contribution in [0.1, 0.15) is 59.7 Å². The molecule has 0 aliphatic rings. The highest BCUT2D eigenvalue weighted by molar-refractivity contribution is 6.08. The molecule has 0 saturated carbocycles. The van der Waals surface area contributed by atoms with Gasteiger partial charge in [-0.2, -0.15) is 0 Å². The zero-order chi connectivity index (χ0) is 22.4. The fraction of sp³-hybridized carbons (Fsp3) is 0.333. The van der Waals surface area contributed by atoms with E-state index in [-0.39, 0.29) is 34.6 Å². The Bertz CT molecular complexity index is 955. The van der Waals surface area contributed by atoms with Gasteiger partial charge in [0.2, 0.25) is 5.78 Å². The molecule has 0 saturated heterocycles. The number of aromatic nitrogens is 1. The number of ether oxygens (including phenoxy) is 4. The van der Waals surface area contributed by atoms with Gasteiger partial charge in [0.1, 0.15) is 5.75 Å². The molecule has 0 aliphatic carbocycles. The first-order valence-corrected chi connectivity index (χ1v) is 9.07. The Balaban J connectivity index is 2.31. The van der Waals surface area contributed by atoms with Gasteiger partial charge in [-0.3, -0.25) is 4.79 Å². The summed E-state index contributed by atoms with van der Waals surface area (Å²) >= 11 is 0. The van der Waals surface area contributed by atoms with Gasteiger partial charge in [0, 0.05) is 11.4 Å². The summed E-state index contributed by atoms with van der Waals surface area (Å²) in [6.07, 6.45) is 0. The van der Waals surface area contributed by atoms with Gasteiger partial charge in [-0.25, -0.2) is 14.4 Å². The Hall–Kier alpha value is -3.62. The standard InChI is InChI=1S/C21H23NO8/c1-6-29-21(26)18-12(3)22-11(2)17(18)16(23)10-30-15-8-13(19(24)27-4)7-14(9-15)20(25)28-5/h7-9,22H,6,10H2,1-5H3. The normalized spacial score (nSPS) is 10.3. The van der Waals surface area contributed by atoms with E-state index in [1.54, 1.807) is 20.8 Å². The van der Waals surface area contributed by atoms with E-state index in [4.69, 9.17) is 9.47 Å². The molecule has 9 nitrogen and oxygen atoms in total. The summed E-state index contributed by atoms with van der Waals surface area (Å²) < 4.78 is 19.9. The van der Waals surface area contributed by atoms with Crippen molar-refractivity contribution < 1.29 is 38.1 Å². The van der Waals surface area contributed by atoms with Crippen molar-refractivity contribution in [3.8, 4) is 5.75 Å². The summed E-state index contributed by atoms with van der Waals surface area (Å²) in [5, 5.41) is 0. The second-order valence-electron chi connectivity index (χ2n) is 6.29. The number of esters is 3. The molecule has 2 aromatic rings. The molecule has 0 fully saturated rings. The second kappa shape index (κ2) is 9.73. The first kappa shape index (κ1) is 22.7. The van der Waals surface area contributed by atoms with E-state index >= 15 is 0 Å². The van der Waals surface area contributed by atoms with Crippen LogP contribution in [0.5, 0.6) is 5.75 Å². The number of ketones is 1. The molecule has 1 aromatic carbocycles. The lowest BCUT2D eigenvalue weighted by Gasteiger charge is -2.10. The first-order chi connectivity index (χ1) is 14.2. The van der Waals surface area contributed by atoms with Crippen molar-refractivity contribution in [2.75, 3.05) is 27.4 Å². The second-order valence-corrected chi connectivity index (χ2v) is 6.29. The lowest BCUT2D eigenvalue weighted by molar-refractivity contribution is 0.0520. The topological polar surface area (TPSA) is 121 Å². The van der Waals surface area contributed by atoms with Crippen LogP contribution >= 0.6 is 0 Å². The number of methoxy groups -OCH3 is 2. The molecule has 0 spiro atoms. The number of carbonyl (C=O) groups excluding carboxylic acids is 4. The van der Waals surface area contributed by atoms with Crippen LogP contribution in [0, 0.1) is 13.8 Å². The van der Waals surface area contributed by atoms with E-state index in [2.05, 4.69) is 14.5 Å². The third kappa shape index (κ3) is 4.86. The van der Waals surface area contributed by atoms with E-state index < -0.39 is 30.3 Å². The largest absolute Gasteiger partial charge is 0.485 e. The number of hydrogen-bond acceptors (Lipinski definition) is 8. The van der Waals surface area contributed by atoms with Crippen molar-refractivity contribution in [1.82, 2.24) is 4.98 Å². The summed E-state index contributed by atoms with van der Waals surface area (Å²) in [4.78, 5) is 51.7. The predicted molar refractivity (Wildman–Crippen MR) is 105 cm³/mol. The lowest BCUT2D eigenvalue weighted by atomic mass is 10.1. The highest BCUT2D eigenvalue weighted by Gasteiger charge is 2.26. The van der Waals surface area contributed by atoms with Gasteiger partial charge in [-0.05, 0) is 39.0 Å². The zero-order valence-corrected chi connectivity index (χ0v) is 17.4. The van der Waals surface area contributed by atoms with E-state index in [0.29, 0.717) is 11.4 Å². The quantitative estimate of drug-likeness (QED) is 0.395. The van der Waals surface area contributed by atoms with Gasteiger partial charge >= 0.3 is 17.9 Å². The van der Waals surface area contributed by atoms with Crippen molar-refractivity contribution in [1.29, 1.82) is 0 Å². The number of Topliss-reactive ketones (excluding diaryl/α,β-unsaturated/α-hetero) is 1. The van der Waals surface area contributed by atoms with Gasteiger partial charge in [-0.15, -0.1) is 0 Å². The van der Waals surface area contributed by atoms with Crippen LogP contribution in [0.4, 0.5) is 0 Å². The predicted octanol–water partition coefficient (Wildman–Crippen LogP) is 2.64. The molecule has 0 amide bonds. The number of hydrogen-bond donors (Lipinski definition) is 1. The average Bonchev–Trinajstić information content (AvgIpc) is 3.04. The maximum absolute atomic E-state index is 12.8. The molecule has 1 N–H and O–H groups in total. The molecule has 0 radical (unpaired) electrons. The minimum Gasteiger partial charge on any atom is -0.485 e. The summed E-state index contributed by atoms with van der Waals surface area (Å²) in [7, 11) is 2.40. The van der Waals surface area contributed by atoms with E-state index in [1.165, 1.54) is 32.4 Å². The first-order valence-electron chi connectivity index (χ1n) is 9.07. The van der Waals surface area contributed by atoms with E-state index in [9.17, 15) is 19.2 Å². The highest BCUT2D eigenvalue weighted by atomic mass is 16.5. The van der Waals surface area contributed by atoms with Crippen molar-refractivity contribution in [2.45, 2.75) is 20.8 Å². The number of rotatable bonds is 8. The van der Waals surface area contributed by atoms with Crippen LogP contribution in [0.3, 0.4) is 0 Å².